The van der Waals surface area contributed by atoms with Gasteiger partial charge < -0.3 is 14.8 Å². The van der Waals surface area contributed by atoms with Crippen LogP contribution in [0.3, 0.4) is 0 Å². The first kappa shape index (κ1) is 22.5. The second kappa shape index (κ2) is 10.3. The van der Waals surface area contributed by atoms with Crippen molar-refractivity contribution in [3.05, 3.63) is 77.9 Å². The number of nitrogens with one attached hydrogen (secondary N) is 1. The fourth-order valence-electron chi connectivity index (χ4n) is 3.79. The fourth-order valence-corrected chi connectivity index (χ4v) is 3.79. The quantitative estimate of drug-likeness (QED) is 0.570. The highest BCUT2D eigenvalue weighted by molar-refractivity contribution is 5.78. The maximum atomic E-state index is 13.1. The van der Waals surface area contributed by atoms with Crippen LogP contribution < -0.4 is 14.8 Å². The van der Waals surface area contributed by atoms with Crippen molar-refractivity contribution in [3.8, 4) is 17.2 Å². The molecular formula is C25H27FN4O3. The summed E-state index contributed by atoms with van der Waals surface area (Å²) in [4.78, 5) is 14.6. The fraction of sp³-hybridized carbons (Fsp3) is 0.280. The zero-order chi connectivity index (χ0) is 23.2. The normalized spacial score (nSPS) is 14.0. The number of methoxy groups -OCH3 is 2. The van der Waals surface area contributed by atoms with E-state index in [1.165, 1.54) is 17.7 Å². The van der Waals surface area contributed by atoms with Crippen molar-refractivity contribution < 1.29 is 18.7 Å². The van der Waals surface area contributed by atoms with Gasteiger partial charge in [0.15, 0.2) is 0 Å². The Morgan fingerprint density at radius 3 is 2.67 bits per heavy atom. The van der Waals surface area contributed by atoms with E-state index in [2.05, 4.69) is 21.4 Å². The summed E-state index contributed by atoms with van der Waals surface area (Å²) in [6.45, 7) is 2.20. The minimum atomic E-state index is -0.270. The van der Waals surface area contributed by atoms with Gasteiger partial charge >= 0.3 is 0 Å². The van der Waals surface area contributed by atoms with Crippen LogP contribution in [-0.2, 0) is 11.3 Å². The third-order valence-corrected chi connectivity index (χ3v) is 5.68. The van der Waals surface area contributed by atoms with Gasteiger partial charge in [-0.15, -0.1) is 0 Å². The van der Waals surface area contributed by atoms with E-state index >= 15 is 0 Å². The van der Waals surface area contributed by atoms with Crippen LogP contribution in [0.4, 0.5) is 4.39 Å². The van der Waals surface area contributed by atoms with Gasteiger partial charge in [0.1, 0.15) is 17.3 Å². The number of hydrogen-bond acceptors (Lipinski definition) is 5. The Hall–Kier alpha value is -3.65. The standard InChI is InChI=1S/C25H27FN4O3/c1-32-23-8-3-19(24(13-23)33-2)14-27-25(31)17-29-11-9-18(10-12-29)20-15-28-30(16-20)22-6-4-21(26)5-7-22/h3-9,13,15-16H,10-12,14,17H2,1-2H3,(H,27,31). The van der Waals surface area contributed by atoms with Crippen molar-refractivity contribution in [2.45, 2.75) is 13.0 Å². The van der Waals surface area contributed by atoms with Crippen LogP contribution >= 0.6 is 0 Å². The smallest absolute Gasteiger partial charge is 0.234 e. The summed E-state index contributed by atoms with van der Waals surface area (Å²) in [7, 11) is 3.20. The zero-order valence-electron chi connectivity index (χ0n) is 18.8. The van der Waals surface area contributed by atoms with E-state index in [0.717, 1.165) is 29.8 Å². The molecule has 0 radical (unpaired) electrons. The molecular weight excluding hydrogens is 423 g/mol. The lowest BCUT2D eigenvalue weighted by Gasteiger charge is -2.25. The maximum absolute atomic E-state index is 13.1. The number of amides is 1. The summed E-state index contributed by atoms with van der Waals surface area (Å²) < 4.78 is 25.5. The molecule has 0 fully saturated rings. The lowest BCUT2D eigenvalue weighted by atomic mass is 10.0. The van der Waals surface area contributed by atoms with Crippen molar-refractivity contribution in [2.75, 3.05) is 33.9 Å². The molecule has 172 valence electrons. The molecule has 7 nitrogen and oxygen atoms in total. The van der Waals surface area contributed by atoms with Crippen LogP contribution in [0.1, 0.15) is 17.5 Å². The number of halogens is 1. The number of carbonyl (C=O) groups excluding carboxylic acids is 1. The van der Waals surface area contributed by atoms with E-state index in [1.54, 1.807) is 37.1 Å². The molecule has 0 unspecified atom stereocenters. The van der Waals surface area contributed by atoms with Gasteiger partial charge in [0.25, 0.3) is 0 Å². The summed E-state index contributed by atoms with van der Waals surface area (Å²) in [5.41, 5.74) is 3.94. The Labute approximate surface area is 192 Å². The molecule has 4 rings (SSSR count). The summed E-state index contributed by atoms with van der Waals surface area (Å²) in [6.07, 6.45) is 6.73. The Balaban J connectivity index is 1.29. The number of ether oxygens (including phenoxy) is 2. The van der Waals surface area contributed by atoms with Gasteiger partial charge in [-0.2, -0.15) is 5.10 Å². The zero-order valence-corrected chi connectivity index (χ0v) is 18.8. The van der Waals surface area contributed by atoms with Crippen molar-refractivity contribution in [1.82, 2.24) is 20.0 Å². The summed E-state index contributed by atoms with van der Waals surface area (Å²) >= 11 is 0. The summed E-state index contributed by atoms with van der Waals surface area (Å²) in [5, 5.41) is 7.36. The Bertz CT molecular complexity index is 1140. The lowest BCUT2D eigenvalue weighted by Crippen LogP contribution is -2.39. The SMILES string of the molecule is COc1ccc(CNC(=O)CN2CC=C(c3cnn(-c4ccc(F)cc4)c3)CC2)c(OC)c1. The van der Waals surface area contributed by atoms with E-state index in [9.17, 15) is 9.18 Å². The number of hydrogen-bond donors (Lipinski definition) is 1. The number of carbonyl (C=O) groups is 1. The monoisotopic (exact) mass is 450 g/mol. The van der Waals surface area contributed by atoms with Gasteiger partial charge in [0.2, 0.25) is 5.91 Å². The molecule has 1 aromatic heterocycles. The number of benzene rings is 2. The van der Waals surface area contributed by atoms with Crippen LogP contribution in [0.25, 0.3) is 11.3 Å². The summed E-state index contributed by atoms with van der Waals surface area (Å²) in [6, 6.07) is 11.8. The minimum absolute atomic E-state index is 0.0335. The second-order valence-corrected chi connectivity index (χ2v) is 7.82. The average molecular weight is 451 g/mol. The Kier molecular flexibility index (Phi) is 7.04. The predicted octanol–water partition coefficient (Wildman–Crippen LogP) is 3.43. The molecule has 2 aromatic carbocycles. The molecule has 0 bridgehead atoms. The average Bonchev–Trinajstić information content (AvgIpc) is 3.34. The molecule has 2 heterocycles. The third kappa shape index (κ3) is 5.59. The molecule has 0 atom stereocenters. The number of aromatic nitrogens is 2. The molecule has 0 saturated heterocycles. The first-order chi connectivity index (χ1) is 16.1. The lowest BCUT2D eigenvalue weighted by molar-refractivity contribution is -0.122. The van der Waals surface area contributed by atoms with Crippen LogP contribution in [0.2, 0.25) is 0 Å². The molecule has 1 amide bonds. The molecule has 3 aromatic rings. The van der Waals surface area contributed by atoms with Gasteiger partial charge in [0, 0.05) is 43.0 Å². The van der Waals surface area contributed by atoms with Crippen LogP contribution in [0.5, 0.6) is 11.5 Å². The van der Waals surface area contributed by atoms with Gasteiger partial charge in [-0.05, 0) is 48.4 Å². The minimum Gasteiger partial charge on any atom is -0.497 e. The van der Waals surface area contributed by atoms with Gasteiger partial charge in [-0.1, -0.05) is 6.08 Å². The highest BCUT2D eigenvalue weighted by atomic mass is 19.1. The Morgan fingerprint density at radius 2 is 1.97 bits per heavy atom. The maximum Gasteiger partial charge on any atom is 0.234 e. The highest BCUT2D eigenvalue weighted by Crippen LogP contribution is 2.25. The van der Waals surface area contributed by atoms with Crippen molar-refractivity contribution in [2.24, 2.45) is 0 Å². The van der Waals surface area contributed by atoms with Crippen molar-refractivity contribution in [3.63, 3.8) is 0 Å². The van der Waals surface area contributed by atoms with Gasteiger partial charge in [-0.25, -0.2) is 9.07 Å². The van der Waals surface area contributed by atoms with Crippen molar-refractivity contribution >= 4 is 11.5 Å². The molecule has 1 aliphatic rings. The van der Waals surface area contributed by atoms with E-state index in [-0.39, 0.29) is 11.7 Å². The largest absolute Gasteiger partial charge is 0.497 e. The summed E-state index contributed by atoms with van der Waals surface area (Å²) in [5.74, 6) is 1.09. The first-order valence-corrected chi connectivity index (χ1v) is 10.8. The van der Waals surface area contributed by atoms with Crippen molar-refractivity contribution in [1.29, 1.82) is 0 Å². The highest BCUT2D eigenvalue weighted by Gasteiger charge is 2.17. The van der Waals surface area contributed by atoms with E-state index in [1.807, 2.05) is 24.5 Å². The van der Waals surface area contributed by atoms with E-state index < -0.39 is 0 Å². The van der Waals surface area contributed by atoms with Crippen LogP contribution in [0, 0.1) is 5.82 Å². The number of rotatable bonds is 8. The molecule has 1 aliphatic heterocycles. The second-order valence-electron chi connectivity index (χ2n) is 7.82. The molecule has 8 heteroatoms. The van der Waals surface area contributed by atoms with Gasteiger partial charge in [-0.3, -0.25) is 9.69 Å². The topological polar surface area (TPSA) is 68.6 Å². The first-order valence-electron chi connectivity index (χ1n) is 10.8. The van der Waals surface area contributed by atoms with Crippen LogP contribution in [-0.4, -0.2) is 54.4 Å². The predicted molar refractivity (Wildman–Crippen MR) is 124 cm³/mol. The molecule has 0 saturated carbocycles. The molecule has 1 N–H and O–H groups in total. The third-order valence-electron chi connectivity index (χ3n) is 5.68. The van der Waals surface area contributed by atoms with Crippen LogP contribution in [0.15, 0.2) is 60.9 Å². The molecule has 0 aliphatic carbocycles. The molecule has 33 heavy (non-hydrogen) atoms. The van der Waals surface area contributed by atoms with E-state index in [0.29, 0.717) is 31.1 Å². The number of nitrogens with zero attached hydrogens (tertiary/aromatic N) is 3. The molecule has 0 spiro atoms. The van der Waals surface area contributed by atoms with Gasteiger partial charge in [0.05, 0.1) is 32.6 Å². The Morgan fingerprint density at radius 1 is 1.15 bits per heavy atom. The van der Waals surface area contributed by atoms with E-state index in [4.69, 9.17) is 9.47 Å².